The molecule has 0 aliphatic heterocycles. The van der Waals surface area contributed by atoms with Gasteiger partial charge < -0.3 is 4.74 Å². The van der Waals surface area contributed by atoms with Gasteiger partial charge in [-0.1, -0.05) is 28.9 Å². The highest BCUT2D eigenvalue weighted by atomic mass is 35.5. The van der Waals surface area contributed by atoms with Crippen molar-refractivity contribution in [1.82, 2.24) is 15.1 Å². The first-order valence-corrected chi connectivity index (χ1v) is 10.8. The van der Waals surface area contributed by atoms with Crippen LogP contribution in [0.3, 0.4) is 0 Å². The van der Waals surface area contributed by atoms with Crippen molar-refractivity contribution in [3.8, 4) is 27.7 Å². The Morgan fingerprint density at radius 1 is 1.09 bits per heavy atom. The fraction of sp³-hybridized carbons (Fsp3) is 0.190. The van der Waals surface area contributed by atoms with Crippen molar-refractivity contribution in [2.75, 3.05) is 0 Å². The molecule has 2 aromatic carbocycles. The number of aromatic nitrogens is 3. The molecule has 6 nitrogen and oxygen atoms in total. The van der Waals surface area contributed by atoms with Gasteiger partial charge in [-0.05, 0) is 37.3 Å². The van der Waals surface area contributed by atoms with Gasteiger partial charge >= 0.3 is 18.1 Å². The first-order chi connectivity index (χ1) is 16.3. The quantitative estimate of drug-likeness (QED) is 0.284. The molecule has 0 bridgehead atoms. The van der Waals surface area contributed by atoms with Crippen molar-refractivity contribution in [3.05, 3.63) is 74.2 Å². The molecule has 2 aromatic heterocycles. The molecule has 0 aliphatic rings. The molecule has 1 atom stereocenters. The molecule has 2 heterocycles. The van der Waals surface area contributed by atoms with Gasteiger partial charge in [0.05, 0.1) is 21.2 Å². The fourth-order valence-electron chi connectivity index (χ4n) is 3.09. The summed E-state index contributed by atoms with van der Waals surface area (Å²) < 4.78 is 89.9. The molecule has 1 unspecified atom stereocenters. The molecule has 4 rings (SSSR count). The minimum absolute atomic E-state index is 0.00936. The van der Waals surface area contributed by atoms with Crippen LogP contribution in [0.4, 0.5) is 26.3 Å². The Bertz CT molecular complexity index is 1410. The third-order valence-corrected chi connectivity index (χ3v) is 6.28. The Hall–Kier alpha value is -3.32. The Labute approximate surface area is 201 Å². The number of nitrogens with zero attached hydrogens (tertiary/aromatic N) is 2. The minimum atomic E-state index is -4.85. The van der Waals surface area contributed by atoms with E-state index >= 15 is 0 Å². The number of thiazole rings is 1. The van der Waals surface area contributed by atoms with E-state index in [0.717, 1.165) is 30.3 Å². The summed E-state index contributed by atoms with van der Waals surface area (Å²) in [6, 6.07) is 7.56. The molecule has 1 N–H and O–H groups in total. The second kappa shape index (κ2) is 9.04. The highest BCUT2D eigenvalue weighted by Gasteiger charge is 2.45. The van der Waals surface area contributed by atoms with E-state index < -0.39 is 29.8 Å². The number of benzene rings is 2. The first-order valence-electron chi connectivity index (χ1n) is 9.57. The fourth-order valence-corrected chi connectivity index (χ4v) is 4.48. The zero-order valence-electron chi connectivity index (χ0n) is 17.3. The molecule has 184 valence electrons. The zero-order valence-corrected chi connectivity index (χ0v) is 18.9. The minimum Gasteiger partial charge on any atom is -0.475 e. The predicted molar refractivity (Wildman–Crippen MR) is 114 cm³/mol. The summed E-state index contributed by atoms with van der Waals surface area (Å²) in [5, 5.41) is 3.52. The third kappa shape index (κ3) is 5.35. The van der Waals surface area contributed by atoms with Gasteiger partial charge in [-0.25, -0.2) is 9.78 Å². The molecule has 0 aliphatic carbocycles. The molecule has 14 heteroatoms. The molecule has 0 saturated carbocycles. The lowest BCUT2D eigenvalue weighted by molar-refractivity contribution is -0.197. The highest BCUT2D eigenvalue weighted by molar-refractivity contribution is 7.15. The Kier molecular flexibility index (Phi) is 6.40. The van der Waals surface area contributed by atoms with Gasteiger partial charge in [-0.15, -0.1) is 11.3 Å². The average molecular weight is 536 g/mol. The third-order valence-electron chi connectivity index (χ3n) is 4.72. The van der Waals surface area contributed by atoms with Crippen molar-refractivity contribution in [2.24, 2.45) is 0 Å². The maximum Gasteiger partial charge on any atom is 0.439 e. The van der Waals surface area contributed by atoms with E-state index in [4.69, 9.17) is 16.3 Å². The van der Waals surface area contributed by atoms with Crippen molar-refractivity contribution in [1.29, 1.82) is 0 Å². The Morgan fingerprint density at radius 3 is 2.31 bits per heavy atom. The lowest BCUT2D eigenvalue weighted by Crippen LogP contribution is -2.26. The number of hydrogen-bond acceptors (Lipinski definition) is 6. The number of nitrogens with one attached hydrogen (secondary N) is 1. The molecular formula is C21H12ClF6N3O3S. The summed E-state index contributed by atoms with van der Waals surface area (Å²) in [6.45, 7) is 1.35. The molecule has 0 radical (unpaired) electrons. The molecule has 0 spiro atoms. The van der Waals surface area contributed by atoms with Crippen LogP contribution in [0, 0.1) is 6.92 Å². The summed E-state index contributed by atoms with van der Waals surface area (Å²) in [5.41, 5.74) is -0.448. The molecule has 4 aromatic rings. The summed E-state index contributed by atoms with van der Waals surface area (Å²) >= 11 is 6.78. The van der Waals surface area contributed by atoms with Crippen LogP contribution in [0.5, 0.6) is 5.75 Å². The van der Waals surface area contributed by atoms with Gasteiger partial charge in [0, 0.05) is 11.1 Å². The molecular weight excluding hydrogens is 524 g/mol. The van der Waals surface area contributed by atoms with Gasteiger partial charge in [0.1, 0.15) is 10.8 Å². The van der Waals surface area contributed by atoms with Crippen LogP contribution in [0.25, 0.3) is 22.0 Å². The van der Waals surface area contributed by atoms with E-state index in [1.807, 2.05) is 0 Å². The van der Waals surface area contributed by atoms with Crippen molar-refractivity contribution >= 4 is 22.9 Å². The number of hydrogen-bond donors (Lipinski definition) is 1. The van der Waals surface area contributed by atoms with Crippen LogP contribution in [0.15, 0.2) is 51.8 Å². The lowest BCUT2D eigenvalue weighted by atomic mass is 10.1. The van der Waals surface area contributed by atoms with Crippen LogP contribution in [-0.4, -0.2) is 21.3 Å². The first kappa shape index (κ1) is 24.8. The van der Waals surface area contributed by atoms with E-state index in [0.29, 0.717) is 11.3 Å². The number of aryl methyl sites for hydroxylation is 1. The molecule has 35 heavy (non-hydrogen) atoms. The van der Waals surface area contributed by atoms with Gasteiger partial charge in [0.2, 0.25) is 6.10 Å². The molecule has 0 amide bonds. The van der Waals surface area contributed by atoms with Crippen LogP contribution < -0.4 is 10.5 Å². The van der Waals surface area contributed by atoms with Crippen LogP contribution in [0.2, 0.25) is 5.02 Å². The average Bonchev–Trinajstić information content (AvgIpc) is 3.36. The lowest BCUT2D eigenvalue weighted by Gasteiger charge is -2.21. The van der Waals surface area contributed by atoms with Crippen molar-refractivity contribution < 1.29 is 35.6 Å². The van der Waals surface area contributed by atoms with E-state index in [2.05, 4.69) is 19.6 Å². The molecule has 0 saturated heterocycles. The van der Waals surface area contributed by atoms with E-state index in [1.165, 1.54) is 19.1 Å². The predicted octanol–water partition coefficient (Wildman–Crippen LogP) is 6.82. The van der Waals surface area contributed by atoms with E-state index in [9.17, 15) is 31.1 Å². The number of rotatable bonds is 5. The zero-order chi connectivity index (χ0) is 25.5. The topological polar surface area (TPSA) is 81.0 Å². The molecule has 0 fully saturated rings. The largest absolute Gasteiger partial charge is 0.475 e. The van der Waals surface area contributed by atoms with Gasteiger partial charge in [-0.3, -0.25) is 9.51 Å². The van der Waals surface area contributed by atoms with E-state index in [1.54, 1.807) is 0 Å². The maximum absolute atomic E-state index is 13.9. The van der Waals surface area contributed by atoms with Crippen molar-refractivity contribution in [2.45, 2.75) is 25.4 Å². The maximum atomic E-state index is 13.9. The monoisotopic (exact) mass is 535 g/mol. The van der Waals surface area contributed by atoms with Crippen LogP contribution >= 0.6 is 22.9 Å². The van der Waals surface area contributed by atoms with Gasteiger partial charge in [-0.2, -0.15) is 26.3 Å². The normalized spacial score (nSPS) is 13.1. The number of halogens is 7. The standard InChI is InChI=1S/C21H12ClF6N3O3S/c1-9-15(35-18(29-9)10-2-4-11(5-3-10)20(23,24)25)16(21(26,27)28)33-12-6-7-13(14(22)8-12)17-30-19(32)34-31-17/h2-8,16H,1H3,(H,30,31,32). The second-order valence-corrected chi connectivity index (χ2v) is 8.61. The summed E-state index contributed by atoms with van der Waals surface area (Å²) in [4.78, 5) is 17.2. The SMILES string of the molecule is Cc1nc(-c2ccc(C(F)(F)F)cc2)sc1C(Oc1ccc(-c2noc(=O)[nH]2)c(Cl)c1)C(F)(F)F. The summed E-state index contributed by atoms with van der Waals surface area (Å²) in [6.07, 6.45) is -11.8. The Balaban J connectivity index is 1.64. The number of H-pyrrole nitrogens is 1. The van der Waals surface area contributed by atoms with Gasteiger partial charge in [0.25, 0.3) is 0 Å². The summed E-state index contributed by atoms with van der Waals surface area (Å²) in [5.74, 6) is -1.08. The number of aromatic amines is 1. The van der Waals surface area contributed by atoms with E-state index in [-0.39, 0.29) is 43.3 Å². The van der Waals surface area contributed by atoms with Crippen LogP contribution in [0.1, 0.15) is 22.2 Å². The van der Waals surface area contributed by atoms with Gasteiger partial charge in [0.15, 0.2) is 5.82 Å². The van der Waals surface area contributed by atoms with Crippen LogP contribution in [-0.2, 0) is 6.18 Å². The smallest absolute Gasteiger partial charge is 0.439 e. The number of alkyl halides is 6. The summed E-state index contributed by atoms with van der Waals surface area (Å²) in [7, 11) is 0. The second-order valence-electron chi connectivity index (χ2n) is 7.17. The van der Waals surface area contributed by atoms with Crippen molar-refractivity contribution in [3.63, 3.8) is 0 Å². The Morgan fingerprint density at radius 2 is 1.77 bits per heavy atom. The highest BCUT2D eigenvalue weighted by Crippen LogP contribution is 2.43. The number of ether oxygens (including phenoxy) is 1.